The zero-order valence-electron chi connectivity index (χ0n) is 12.0. The zero-order valence-corrected chi connectivity index (χ0v) is 14.7. The van der Waals surface area contributed by atoms with E-state index in [1.165, 1.54) is 5.57 Å². The molecule has 0 amide bonds. The largest absolute Gasteiger partial charge is 0.171 e. The SMILES string of the molecule is CC1=C(C)C(C)C([Si](C)(C)[Si](C)(C)Cl)=C1C. The molecule has 1 aliphatic rings. The Hall–Kier alpha value is 0.204. The first-order valence-corrected chi connectivity index (χ1v) is 14.1. The van der Waals surface area contributed by atoms with Gasteiger partial charge in [-0.3, -0.25) is 0 Å². The Labute approximate surface area is 107 Å². The summed E-state index contributed by atoms with van der Waals surface area (Å²) in [5.41, 5.74) is 4.61. The molecule has 0 aromatic heterocycles. The lowest BCUT2D eigenvalue weighted by atomic mass is 10.1. The van der Waals surface area contributed by atoms with E-state index in [0.717, 1.165) is 0 Å². The summed E-state index contributed by atoms with van der Waals surface area (Å²) >= 11 is 6.78. The van der Waals surface area contributed by atoms with Gasteiger partial charge in [0.15, 0.2) is 0 Å². The van der Waals surface area contributed by atoms with Crippen LogP contribution in [-0.4, -0.2) is 14.5 Å². The van der Waals surface area contributed by atoms with Gasteiger partial charge in [-0.05, 0) is 32.3 Å². The summed E-state index contributed by atoms with van der Waals surface area (Å²) in [6.07, 6.45) is 0. The van der Waals surface area contributed by atoms with Gasteiger partial charge >= 0.3 is 0 Å². The van der Waals surface area contributed by atoms with E-state index in [-0.39, 0.29) is 0 Å². The maximum absolute atomic E-state index is 6.78. The average molecular weight is 273 g/mol. The van der Waals surface area contributed by atoms with Gasteiger partial charge in [0.1, 0.15) is 6.90 Å². The number of rotatable bonds is 2. The van der Waals surface area contributed by atoms with E-state index in [9.17, 15) is 0 Å². The van der Waals surface area contributed by atoms with Crippen LogP contribution in [0.4, 0.5) is 0 Å². The van der Waals surface area contributed by atoms with E-state index in [0.29, 0.717) is 5.92 Å². The van der Waals surface area contributed by atoms with Crippen molar-refractivity contribution in [1.29, 1.82) is 0 Å². The molecule has 0 spiro atoms. The van der Waals surface area contributed by atoms with Crippen LogP contribution in [0.3, 0.4) is 0 Å². The maximum Gasteiger partial charge on any atom is 0.145 e. The van der Waals surface area contributed by atoms with Gasteiger partial charge in [-0.15, -0.1) is 0 Å². The summed E-state index contributed by atoms with van der Waals surface area (Å²) < 4.78 is 0. The summed E-state index contributed by atoms with van der Waals surface area (Å²) in [6, 6.07) is 0. The highest BCUT2D eigenvalue weighted by Gasteiger charge is 2.46. The second-order valence-electron chi connectivity index (χ2n) is 6.17. The fourth-order valence-corrected chi connectivity index (χ4v) is 9.81. The Morgan fingerprint density at radius 3 is 1.62 bits per heavy atom. The van der Waals surface area contributed by atoms with E-state index < -0.39 is 14.5 Å². The van der Waals surface area contributed by atoms with E-state index >= 15 is 0 Å². The molecule has 3 heteroatoms. The number of halogens is 1. The molecule has 1 atom stereocenters. The predicted molar refractivity (Wildman–Crippen MR) is 81.1 cm³/mol. The number of hydrogen-bond donors (Lipinski definition) is 0. The molecular formula is C13H25ClSi2. The van der Waals surface area contributed by atoms with E-state index in [4.69, 9.17) is 11.1 Å². The highest BCUT2D eigenvalue weighted by molar-refractivity contribution is 7.60. The van der Waals surface area contributed by atoms with Gasteiger partial charge in [-0.1, -0.05) is 49.5 Å². The molecule has 1 unspecified atom stereocenters. The summed E-state index contributed by atoms with van der Waals surface area (Å²) in [5, 5.41) is 1.72. The fourth-order valence-electron chi connectivity index (χ4n) is 2.69. The monoisotopic (exact) mass is 272 g/mol. The molecule has 0 heterocycles. The maximum atomic E-state index is 6.78. The summed E-state index contributed by atoms with van der Waals surface area (Å²) in [4.78, 5) is 0. The average Bonchev–Trinajstić information content (AvgIpc) is 2.29. The van der Waals surface area contributed by atoms with Crippen LogP contribution in [0.5, 0.6) is 0 Å². The lowest BCUT2D eigenvalue weighted by molar-refractivity contribution is 0.850. The van der Waals surface area contributed by atoms with Crippen molar-refractivity contribution in [2.24, 2.45) is 5.92 Å². The predicted octanol–water partition coefficient (Wildman–Crippen LogP) is 5.06. The third-order valence-corrected chi connectivity index (χ3v) is 23.9. The first-order valence-electron chi connectivity index (χ1n) is 6.09. The molecule has 1 rings (SSSR count). The van der Waals surface area contributed by atoms with Gasteiger partial charge < -0.3 is 0 Å². The standard InChI is InChI=1S/C13H25ClSi2/c1-9-10(2)12(4)13(11(9)3)15(5,6)16(7,8)14/h11H,1-8H3. The van der Waals surface area contributed by atoms with Crippen molar-refractivity contribution < 1.29 is 0 Å². The lowest BCUT2D eigenvalue weighted by Gasteiger charge is -2.37. The van der Waals surface area contributed by atoms with Crippen LogP contribution in [0.1, 0.15) is 27.7 Å². The molecule has 0 saturated carbocycles. The van der Waals surface area contributed by atoms with Crippen molar-refractivity contribution in [2.45, 2.75) is 53.9 Å². The minimum atomic E-state index is -1.57. The molecule has 92 valence electrons. The third-order valence-electron chi connectivity index (χ3n) is 4.80. The molecule has 0 fully saturated rings. The van der Waals surface area contributed by atoms with Gasteiger partial charge in [-0.2, -0.15) is 11.1 Å². The van der Waals surface area contributed by atoms with Crippen molar-refractivity contribution in [3.63, 3.8) is 0 Å². The molecule has 0 bridgehead atoms. The minimum Gasteiger partial charge on any atom is -0.171 e. The van der Waals surface area contributed by atoms with Crippen LogP contribution in [0.15, 0.2) is 21.9 Å². The van der Waals surface area contributed by atoms with Crippen LogP contribution < -0.4 is 0 Å². The van der Waals surface area contributed by atoms with E-state index in [1.54, 1.807) is 16.3 Å². The Morgan fingerprint density at radius 1 is 0.938 bits per heavy atom. The topological polar surface area (TPSA) is 0 Å². The van der Waals surface area contributed by atoms with Crippen molar-refractivity contribution in [3.8, 4) is 0 Å². The molecule has 0 aliphatic heterocycles. The third kappa shape index (κ3) is 2.00. The van der Waals surface area contributed by atoms with Crippen molar-refractivity contribution in [2.75, 3.05) is 0 Å². The molecule has 1 aliphatic carbocycles. The molecule has 0 aromatic carbocycles. The minimum absolute atomic E-state index is 0.632. The van der Waals surface area contributed by atoms with Gasteiger partial charge in [0.25, 0.3) is 0 Å². The molecule has 0 saturated heterocycles. The smallest absolute Gasteiger partial charge is 0.145 e. The van der Waals surface area contributed by atoms with Crippen molar-refractivity contribution in [1.82, 2.24) is 0 Å². The van der Waals surface area contributed by atoms with Gasteiger partial charge in [-0.25, -0.2) is 0 Å². The highest BCUT2D eigenvalue weighted by Crippen LogP contribution is 2.44. The molecule has 0 N–H and O–H groups in total. The van der Waals surface area contributed by atoms with Crippen LogP contribution in [0, 0.1) is 5.92 Å². The Morgan fingerprint density at radius 2 is 1.38 bits per heavy atom. The van der Waals surface area contributed by atoms with E-state index in [1.807, 2.05) is 0 Å². The summed E-state index contributed by atoms with van der Waals surface area (Å²) in [6.45, 7) is 17.2. The summed E-state index contributed by atoms with van der Waals surface area (Å²) in [5.74, 6) is 0.632. The first kappa shape index (κ1) is 14.3. The molecule has 0 aromatic rings. The second kappa shape index (κ2) is 4.14. The Bertz CT molecular complexity index is 370. The van der Waals surface area contributed by atoms with Gasteiger partial charge in [0.2, 0.25) is 0 Å². The highest BCUT2D eigenvalue weighted by atomic mass is 35.6. The van der Waals surface area contributed by atoms with Gasteiger partial charge in [0.05, 0.1) is 7.59 Å². The summed E-state index contributed by atoms with van der Waals surface area (Å²) in [7, 11) is -1.44. The molecule has 0 nitrogen and oxygen atoms in total. The Balaban J connectivity index is 3.29. The Kier molecular flexibility index (Phi) is 3.70. The van der Waals surface area contributed by atoms with Crippen molar-refractivity contribution in [3.05, 3.63) is 21.9 Å². The quantitative estimate of drug-likeness (QED) is 0.487. The molecule has 0 radical (unpaired) electrons. The lowest BCUT2D eigenvalue weighted by Crippen LogP contribution is -2.53. The van der Waals surface area contributed by atoms with Crippen LogP contribution in [0.2, 0.25) is 26.2 Å². The number of allylic oxidation sites excluding steroid dienone is 4. The van der Waals surface area contributed by atoms with Crippen LogP contribution in [0.25, 0.3) is 0 Å². The number of hydrogen-bond acceptors (Lipinski definition) is 0. The van der Waals surface area contributed by atoms with Gasteiger partial charge in [0, 0.05) is 0 Å². The first-order chi connectivity index (χ1) is 7.01. The molecule has 16 heavy (non-hydrogen) atoms. The fraction of sp³-hybridized carbons (Fsp3) is 0.692. The van der Waals surface area contributed by atoms with Crippen LogP contribution >= 0.6 is 11.1 Å². The zero-order chi connectivity index (χ0) is 12.9. The normalized spacial score (nSPS) is 23.4. The molecular weight excluding hydrogens is 248 g/mol. The van der Waals surface area contributed by atoms with E-state index in [2.05, 4.69) is 53.9 Å². The van der Waals surface area contributed by atoms with Crippen LogP contribution in [-0.2, 0) is 0 Å². The van der Waals surface area contributed by atoms with Crippen molar-refractivity contribution >= 4 is 25.6 Å². The second-order valence-corrected chi connectivity index (χ2v) is 24.2.